The molecule has 0 fully saturated rings. The highest BCUT2D eigenvalue weighted by Gasteiger charge is 2.06. The van der Waals surface area contributed by atoms with Gasteiger partial charge in [0, 0.05) is 13.0 Å². The molecule has 5 nitrogen and oxygen atoms in total. The van der Waals surface area contributed by atoms with Crippen LogP contribution in [0.1, 0.15) is 32.6 Å². The first-order valence-corrected chi connectivity index (χ1v) is 6.43. The molecule has 0 saturated heterocycles. The third-order valence-corrected chi connectivity index (χ3v) is 3.26. The molecule has 0 amide bonds. The van der Waals surface area contributed by atoms with E-state index in [1.54, 1.807) is 0 Å². The zero-order valence-electron chi connectivity index (χ0n) is 8.54. The van der Waals surface area contributed by atoms with Crippen molar-refractivity contribution in [1.29, 1.82) is 5.41 Å². The van der Waals surface area contributed by atoms with Gasteiger partial charge in [0.2, 0.25) is 10.0 Å². The Hall–Kier alpha value is -0.620. The third kappa shape index (κ3) is 8.00. The van der Waals surface area contributed by atoms with Crippen LogP contribution in [0.5, 0.6) is 0 Å². The molecule has 0 heterocycles. The van der Waals surface area contributed by atoms with Gasteiger partial charge in [-0.25, -0.2) is 13.1 Å². The summed E-state index contributed by atoms with van der Waals surface area (Å²) in [5, 5.41) is 6.96. The van der Waals surface area contributed by atoms with Gasteiger partial charge in [0.15, 0.2) is 0 Å². The summed E-state index contributed by atoms with van der Waals surface area (Å²) in [5.74, 6) is 0.334. The summed E-state index contributed by atoms with van der Waals surface area (Å²) in [6.07, 6.45) is 2.64. The number of hydrogen-bond donors (Lipinski definition) is 3. The molecular weight excluding hydrogens is 202 g/mol. The Labute approximate surface area is 85.6 Å². The van der Waals surface area contributed by atoms with Gasteiger partial charge >= 0.3 is 0 Å². The highest BCUT2D eigenvalue weighted by Crippen LogP contribution is 1.94. The predicted octanol–water partition coefficient (Wildman–Crippen LogP) is 0.422. The molecule has 0 saturated carbocycles. The lowest BCUT2D eigenvalue weighted by atomic mass is 10.2. The number of amidine groups is 1. The molecule has 4 N–H and O–H groups in total. The first-order chi connectivity index (χ1) is 6.48. The van der Waals surface area contributed by atoms with Gasteiger partial charge in [-0.2, -0.15) is 0 Å². The van der Waals surface area contributed by atoms with Crippen LogP contribution >= 0.6 is 0 Å². The van der Waals surface area contributed by atoms with Crippen molar-refractivity contribution >= 4 is 15.9 Å². The summed E-state index contributed by atoms with van der Waals surface area (Å²) >= 11 is 0. The largest absolute Gasteiger partial charge is 0.388 e. The quantitative estimate of drug-likeness (QED) is 0.315. The second kappa shape index (κ2) is 6.78. The second-order valence-electron chi connectivity index (χ2n) is 3.20. The molecule has 0 atom stereocenters. The topological polar surface area (TPSA) is 96.0 Å². The lowest BCUT2D eigenvalue weighted by molar-refractivity contribution is 0.576. The third-order valence-electron chi connectivity index (χ3n) is 1.67. The van der Waals surface area contributed by atoms with Crippen molar-refractivity contribution in [3.05, 3.63) is 0 Å². The molecule has 84 valence electrons. The molecule has 0 bridgehead atoms. The monoisotopic (exact) mass is 221 g/mol. The van der Waals surface area contributed by atoms with Gasteiger partial charge in [0.05, 0.1) is 11.6 Å². The van der Waals surface area contributed by atoms with Crippen molar-refractivity contribution in [2.45, 2.75) is 32.6 Å². The van der Waals surface area contributed by atoms with Crippen LogP contribution in [-0.4, -0.2) is 26.6 Å². The van der Waals surface area contributed by atoms with E-state index in [0.29, 0.717) is 19.4 Å². The van der Waals surface area contributed by atoms with E-state index in [9.17, 15) is 8.42 Å². The fourth-order valence-corrected chi connectivity index (χ4v) is 2.15. The summed E-state index contributed by atoms with van der Waals surface area (Å²) in [5.41, 5.74) is 5.15. The van der Waals surface area contributed by atoms with Crippen molar-refractivity contribution in [1.82, 2.24) is 4.72 Å². The maximum atomic E-state index is 11.1. The molecular formula is C8H19N3O2S. The highest BCUT2D eigenvalue weighted by molar-refractivity contribution is 7.89. The van der Waals surface area contributed by atoms with Crippen molar-refractivity contribution in [2.24, 2.45) is 5.73 Å². The molecule has 0 aromatic carbocycles. The van der Waals surface area contributed by atoms with Crippen LogP contribution in [0.2, 0.25) is 0 Å². The average molecular weight is 221 g/mol. The fraction of sp³-hybridized carbons (Fsp3) is 0.875. The van der Waals surface area contributed by atoms with Crippen molar-refractivity contribution in [3.63, 3.8) is 0 Å². The van der Waals surface area contributed by atoms with E-state index < -0.39 is 10.0 Å². The molecule has 0 radical (unpaired) electrons. The van der Waals surface area contributed by atoms with Gasteiger partial charge in [-0.15, -0.1) is 0 Å². The number of rotatable bonds is 8. The normalized spacial score (nSPS) is 11.5. The van der Waals surface area contributed by atoms with Crippen molar-refractivity contribution < 1.29 is 8.42 Å². The van der Waals surface area contributed by atoms with Gasteiger partial charge < -0.3 is 5.73 Å². The SMILES string of the molecule is CCCS(=O)(=O)NCCCCC(=N)N. The zero-order valence-corrected chi connectivity index (χ0v) is 9.36. The first kappa shape index (κ1) is 13.4. The Balaban J connectivity index is 3.49. The second-order valence-corrected chi connectivity index (χ2v) is 5.12. The van der Waals surface area contributed by atoms with Crippen LogP contribution in [-0.2, 0) is 10.0 Å². The minimum atomic E-state index is -3.07. The van der Waals surface area contributed by atoms with Crippen LogP contribution in [0.25, 0.3) is 0 Å². The van der Waals surface area contributed by atoms with Gasteiger partial charge in [-0.05, 0) is 19.3 Å². The number of nitrogens with one attached hydrogen (secondary N) is 2. The predicted molar refractivity (Wildman–Crippen MR) is 57.8 cm³/mol. The van der Waals surface area contributed by atoms with Gasteiger partial charge in [0.25, 0.3) is 0 Å². The highest BCUT2D eigenvalue weighted by atomic mass is 32.2. The Bertz CT molecular complexity index is 262. The molecule has 0 spiro atoms. The van der Waals surface area contributed by atoms with Gasteiger partial charge in [0.1, 0.15) is 0 Å². The van der Waals surface area contributed by atoms with E-state index in [2.05, 4.69) is 4.72 Å². The van der Waals surface area contributed by atoms with Crippen LogP contribution in [0.3, 0.4) is 0 Å². The van der Waals surface area contributed by atoms with Gasteiger partial charge in [-0.1, -0.05) is 6.92 Å². The maximum Gasteiger partial charge on any atom is 0.211 e. The first-order valence-electron chi connectivity index (χ1n) is 4.78. The molecule has 0 aromatic rings. The maximum absolute atomic E-state index is 11.1. The molecule has 0 unspecified atom stereocenters. The smallest absolute Gasteiger partial charge is 0.211 e. The van der Waals surface area contributed by atoms with E-state index in [4.69, 9.17) is 11.1 Å². The summed E-state index contributed by atoms with van der Waals surface area (Å²) in [6.45, 7) is 2.27. The summed E-state index contributed by atoms with van der Waals surface area (Å²) in [6, 6.07) is 0. The van der Waals surface area contributed by atoms with Gasteiger partial charge in [-0.3, -0.25) is 5.41 Å². The standard InChI is InChI=1S/C8H19N3O2S/c1-2-7-14(12,13)11-6-4-3-5-8(9)10/h11H,2-7H2,1H3,(H3,9,10). The van der Waals surface area contributed by atoms with Crippen LogP contribution < -0.4 is 10.5 Å². The molecule has 0 aromatic heterocycles. The molecule has 14 heavy (non-hydrogen) atoms. The lowest BCUT2D eigenvalue weighted by Crippen LogP contribution is -2.27. The molecule has 0 aliphatic heterocycles. The summed E-state index contributed by atoms with van der Waals surface area (Å²) in [4.78, 5) is 0. The fourth-order valence-electron chi connectivity index (χ4n) is 1.01. The minimum absolute atomic E-state index is 0.154. The number of nitrogens with two attached hydrogens (primary N) is 1. The van der Waals surface area contributed by atoms with Crippen molar-refractivity contribution in [2.75, 3.05) is 12.3 Å². The van der Waals surface area contributed by atoms with Crippen LogP contribution in [0.15, 0.2) is 0 Å². The van der Waals surface area contributed by atoms with Crippen LogP contribution in [0.4, 0.5) is 0 Å². The van der Waals surface area contributed by atoms with E-state index >= 15 is 0 Å². The lowest BCUT2D eigenvalue weighted by Gasteiger charge is -2.04. The Morgan fingerprint density at radius 1 is 1.43 bits per heavy atom. The molecule has 0 rings (SSSR count). The number of sulfonamides is 1. The Morgan fingerprint density at radius 3 is 2.57 bits per heavy atom. The zero-order chi connectivity index (χ0) is 11.0. The van der Waals surface area contributed by atoms with Crippen LogP contribution in [0, 0.1) is 5.41 Å². The Morgan fingerprint density at radius 2 is 2.07 bits per heavy atom. The number of unbranched alkanes of at least 4 members (excludes halogenated alkanes) is 1. The molecule has 6 heteroatoms. The van der Waals surface area contributed by atoms with E-state index in [1.807, 2.05) is 6.92 Å². The average Bonchev–Trinajstić information content (AvgIpc) is 2.02. The summed E-state index contributed by atoms with van der Waals surface area (Å²) in [7, 11) is -3.07. The van der Waals surface area contributed by atoms with E-state index in [-0.39, 0.29) is 11.6 Å². The van der Waals surface area contributed by atoms with Crippen molar-refractivity contribution in [3.8, 4) is 0 Å². The minimum Gasteiger partial charge on any atom is -0.388 e. The van der Waals surface area contributed by atoms with E-state index in [0.717, 1.165) is 12.8 Å². The summed E-state index contributed by atoms with van der Waals surface area (Å²) < 4.78 is 24.8. The number of hydrogen-bond acceptors (Lipinski definition) is 3. The Kier molecular flexibility index (Phi) is 6.48. The molecule has 0 aliphatic rings. The molecule has 0 aliphatic carbocycles. The van der Waals surface area contributed by atoms with E-state index in [1.165, 1.54) is 0 Å².